The third-order valence-electron chi connectivity index (χ3n) is 2.46. The summed E-state index contributed by atoms with van der Waals surface area (Å²) in [6.45, 7) is 4.31. The van der Waals surface area contributed by atoms with Gasteiger partial charge in [-0.2, -0.15) is 0 Å². The number of allylic oxidation sites excluding steroid dienone is 1. The van der Waals surface area contributed by atoms with Crippen molar-refractivity contribution in [2.24, 2.45) is 9.86 Å². The molecule has 1 heterocycles. The van der Waals surface area contributed by atoms with Crippen molar-refractivity contribution in [3.8, 4) is 0 Å². The molecular formula is C10H20INO. The molecular weight excluding hydrogens is 277 g/mol. The van der Waals surface area contributed by atoms with Gasteiger partial charge in [-0.1, -0.05) is 0 Å². The van der Waals surface area contributed by atoms with E-state index in [-0.39, 0.29) is 6.10 Å². The number of hydrogen-bond acceptors (Lipinski definition) is 2. The fourth-order valence-corrected chi connectivity index (χ4v) is 5.38. The van der Waals surface area contributed by atoms with Gasteiger partial charge in [0, 0.05) is 0 Å². The van der Waals surface area contributed by atoms with Crippen molar-refractivity contribution in [2.75, 3.05) is 8.86 Å². The van der Waals surface area contributed by atoms with Gasteiger partial charge in [-0.25, -0.2) is 0 Å². The van der Waals surface area contributed by atoms with Crippen molar-refractivity contribution in [2.45, 2.75) is 32.8 Å². The SMILES string of the molecule is CCCC(O)C1=CCI(N)C[C@H]1C. The van der Waals surface area contributed by atoms with Gasteiger partial charge >= 0.3 is 88.4 Å². The third kappa shape index (κ3) is 3.22. The molecule has 1 aliphatic heterocycles. The minimum atomic E-state index is -1.10. The van der Waals surface area contributed by atoms with Gasteiger partial charge in [-0.15, -0.1) is 0 Å². The molecule has 13 heavy (non-hydrogen) atoms. The summed E-state index contributed by atoms with van der Waals surface area (Å²) in [4.78, 5) is 0. The fraction of sp³-hybridized carbons (Fsp3) is 0.800. The summed E-state index contributed by atoms with van der Waals surface area (Å²) in [5.74, 6) is 0.533. The Balaban J connectivity index is 2.57. The molecule has 1 aliphatic rings. The van der Waals surface area contributed by atoms with Crippen molar-refractivity contribution < 1.29 is 5.11 Å². The van der Waals surface area contributed by atoms with E-state index in [4.69, 9.17) is 3.95 Å². The molecule has 2 nitrogen and oxygen atoms in total. The van der Waals surface area contributed by atoms with Gasteiger partial charge in [0.15, 0.2) is 0 Å². The van der Waals surface area contributed by atoms with Crippen molar-refractivity contribution in [3.63, 3.8) is 0 Å². The zero-order valence-corrected chi connectivity index (χ0v) is 10.6. The Morgan fingerprint density at radius 2 is 2.46 bits per heavy atom. The van der Waals surface area contributed by atoms with E-state index in [9.17, 15) is 5.11 Å². The van der Waals surface area contributed by atoms with E-state index in [1.807, 2.05) is 0 Å². The molecule has 3 N–H and O–H groups in total. The van der Waals surface area contributed by atoms with Crippen LogP contribution < -0.4 is 3.95 Å². The van der Waals surface area contributed by atoms with E-state index in [1.165, 1.54) is 10.0 Å². The number of aliphatic hydroxyl groups is 1. The Hall–Kier alpha value is 0.390. The van der Waals surface area contributed by atoms with Gasteiger partial charge < -0.3 is 0 Å². The van der Waals surface area contributed by atoms with E-state index in [1.54, 1.807) is 0 Å². The average Bonchev–Trinajstić information content (AvgIpc) is 2.04. The number of rotatable bonds is 3. The topological polar surface area (TPSA) is 46.2 Å². The average molecular weight is 297 g/mol. The monoisotopic (exact) mass is 297 g/mol. The van der Waals surface area contributed by atoms with E-state index in [2.05, 4.69) is 19.9 Å². The molecule has 78 valence electrons. The summed E-state index contributed by atoms with van der Waals surface area (Å²) < 4.78 is 8.26. The zero-order chi connectivity index (χ0) is 9.84. The summed E-state index contributed by atoms with van der Waals surface area (Å²) in [7, 11) is 0. The Morgan fingerprint density at radius 1 is 1.77 bits per heavy atom. The maximum absolute atomic E-state index is 9.84. The van der Waals surface area contributed by atoms with Crippen LogP contribution in [0.15, 0.2) is 11.6 Å². The molecule has 0 saturated heterocycles. The molecule has 1 unspecified atom stereocenters. The van der Waals surface area contributed by atoms with Crippen LogP contribution in [0, 0.1) is 5.92 Å². The zero-order valence-electron chi connectivity index (χ0n) is 8.46. The summed E-state index contributed by atoms with van der Waals surface area (Å²) >= 11 is -1.10. The standard InChI is InChI=1S/C10H20INO/c1-3-4-10(13)9-5-6-11(12)7-8(9)2/h5,8,10,13H,3-4,6-7,12H2,1-2H3/t8-,10?/m1/s1. The fourth-order valence-electron chi connectivity index (χ4n) is 1.74. The summed E-state index contributed by atoms with van der Waals surface area (Å²) in [6, 6.07) is 0. The predicted molar refractivity (Wildman–Crippen MR) is 66.1 cm³/mol. The van der Waals surface area contributed by atoms with Gasteiger partial charge in [0.05, 0.1) is 0 Å². The van der Waals surface area contributed by atoms with Crippen LogP contribution in [-0.4, -0.2) is 20.1 Å². The van der Waals surface area contributed by atoms with E-state index in [0.29, 0.717) is 5.92 Å². The second-order valence-corrected chi connectivity index (χ2v) is 8.32. The summed E-state index contributed by atoms with van der Waals surface area (Å²) in [6.07, 6.45) is 3.95. The molecule has 0 fully saturated rings. The van der Waals surface area contributed by atoms with Crippen LogP contribution in [0.5, 0.6) is 0 Å². The van der Waals surface area contributed by atoms with Gasteiger partial charge in [-0.05, 0) is 0 Å². The Labute approximate surface area is 88.3 Å². The number of alkyl halides is 2. The quantitative estimate of drug-likeness (QED) is 0.363. The number of halogens is 1. The number of hydrogen-bond donors (Lipinski definition) is 2. The maximum atomic E-state index is 9.84. The van der Waals surface area contributed by atoms with Crippen LogP contribution in [-0.2, 0) is 0 Å². The van der Waals surface area contributed by atoms with Gasteiger partial charge in [0.2, 0.25) is 0 Å². The Kier molecular flexibility index (Phi) is 4.69. The van der Waals surface area contributed by atoms with Crippen LogP contribution in [0.3, 0.4) is 0 Å². The molecule has 0 aromatic carbocycles. The third-order valence-corrected chi connectivity index (χ3v) is 6.48. The second-order valence-electron chi connectivity index (χ2n) is 3.72. The van der Waals surface area contributed by atoms with Gasteiger partial charge in [-0.3, -0.25) is 0 Å². The molecule has 1 rings (SSSR count). The second kappa shape index (κ2) is 5.32. The molecule has 0 aromatic rings. The molecule has 0 aromatic heterocycles. The molecule has 0 spiro atoms. The molecule has 0 radical (unpaired) electrons. The molecule has 2 atom stereocenters. The van der Waals surface area contributed by atoms with Crippen molar-refractivity contribution >= 4 is 20.1 Å². The number of aliphatic hydroxyl groups excluding tert-OH is 1. The Bertz CT molecular complexity index is 193. The summed E-state index contributed by atoms with van der Waals surface area (Å²) in [5, 5.41) is 9.84. The first-order valence-corrected chi connectivity index (χ1v) is 9.18. The predicted octanol–water partition coefficient (Wildman–Crippen LogP) is 2.10. The van der Waals surface area contributed by atoms with Crippen LogP contribution in [0.25, 0.3) is 0 Å². The molecule has 3 heteroatoms. The summed E-state index contributed by atoms with van der Waals surface area (Å²) in [5.41, 5.74) is 1.25. The van der Waals surface area contributed by atoms with Crippen molar-refractivity contribution in [3.05, 3.63) is 11.6 Å². The van der Waals surface area contributed by atoms with Crippen LogP contribution in [0.4, 0.5) is 0 Å². The van der Waals surface area contributed by atoms with Gasteiger partial charge in [0.1, 0.15) is 0 Å². The van der Waals surface area contributed by atoms with E-state index >= 15 is 0 Å². The minimum absolute atomic E-state index is 0.204. The Morgan fingerprint density at radius 3 is 3.00 bits per heavy atom. The van der Waals surface area contributed by atoms with Gasteiger partial charge in [0.25, 0.3) is 0 Å². The molecule has 0 amide bonds. The van der Waals surface area contributed by atoms with Crippen LogP contribution in [0.2, 0.25) is 0 Å². The van der Waals surface area contributed by atoms with Crippen LogP contribution >= 0.6 is 20.1 Å². The normalized spacial score (nSPS) is 28.5. The van der Waals surface area contributed by atoms with Crippen LogP contribution in [0.1, 0.15) is 26.7 Å². The number of nitrogens with two attached hydrogens (primary N) is 1. The van der Waals surface area contributed by atoms with E-state index < -0.39 is 20.1 Å². The first kappa shape index (κ1) is 11.5. The van der Waals surface area contributed by atoms with Crippen molar-refractivity contribution in [1.29, 1.82) is 0 Å². The molecule has 0 saturated carbocycles. The molecule has 0 bridgehead atoms. The first-order valence-electron chi connectivity index (χ1n) is 4.89. The molecule has 0 aliphatic carbocycles. The first-order chi connectivity index (χ1) is 6.15. The van der Waals surface area contributed by atoms with Crippen molar-refractivity contribution in [1.82, 2.24) is 0 Å². The van der Waals surface area contributed by atoms with E-state index in [0.717, 1.165) is 17.3 Å².